The zero-order valence-corrected chi connectivity index (χ0v) is 11.9. The standard InChI is InChI=1S/C13H20N2O2S/c1-13(2,3)17-12(16)15-7-6-14-9-10(15)11-5-4-8-18-11/h4-5,8,10,14H,6-7,9H2,1-3H3. The number of nitrogens with zero attached hydrogens (tertiary/aromatic N) is 1. The lowest BCUT2D eigenvalue weighted by molar-refractivity contribution is 0.0122. The number of nitrogens with one attached hydrogen (secondary N) is 1. The van der Waals surface area contributed by atoms with E-state index in [9.17, 15) is 4.79 Å². The normalized spacial score (nSPS) is 20.8. The van der Waals surface area contributed by atoms with Gasteiger partial charge in [0, 0.05) is 24.5 Å². The predicted octanol–water partition coefficient (Wildman–Crippen LogP) is 2.63. The first-order chi connectivity index (χ1) is 8.47. The molecule has 2 rings (SSSR count). The third-order valence-electron chi connectivity index (χ3n) is 2.74. The van der Waals surface area contributed by atoms with Gasteiger partial charge in [-0.05, 0) is 32.2 Å². The van der Waals surface area contributed by atoms with Crippen LogP contribution in [0.25, 0.3) is 0 Å². The number of carbonyl (C=O) groups excluding carboxylic acids is 1. The largest absolute Gasteiger partial charge is 0.444 e. The number of piperazine rings is 1. The molecule has 1 aromatic rings. The lowest BCUT2D eigenvalue weighted by Gasteiger charge is -2.36. The van der Waals surface area contributed by atoms with Crippen LogP contribution in [0.2, 0.25) is 0 Å². The van der Waals surface area contributed by atoms with E-state index in [0.717, 1.165) is 13.1 Å². The molecule has 18 heavy (non-hydrogen) atoms. The Morgan fingerprint density at radius 2 is 2.33 bits per heavy atom. The van der Waals surface area contributed by atoms with Crippen LogP contribution in [0.5, 0.6) is 0 Å². The van der Waals surface area contributed by atoms with Crippen molar-refractivity contribution in [1.29, 1.82) is 0 Å². The molecule has 0 saturated carbocycles. The highest BCUT2D eigenvalue weighted by atomic mass is 32.1. The summed E-state index contributed by atoms with van der Waals surface area (Å²) in [5.74, 6) is 0. The SMILES string of the molecule is CC(C)(C)OC(=O)N1CCNCC1c1cccs1. The summed E-state index contributed by atoms with van der Waals surface area (Å²) in [7, 11) is 0. The third-order valence-corrected chi connectivity index (χ3v) is 3.72. The second-order valence-corrected chi connectivity index (χ2v) is 6.39. The lowest BCUT2D eigenvalue weighted by Crippen LogP contribution is -2.49. The Kier molecular flexibility index (Phi) is 3.92. The fourth-order valence-corrected chi connectivity index (χ4v) is 2.82. The molecule has 1 N–H and O–H groups in total. The number of hydrogen-bond acceptors (Lipinski definition) is 4. The quantitative estimate of drug-likeness (QED) is 0.851. The summed E-state index contributed by atoms with van der Waals surface area (Å²) in [6.07, 6.45) is -0.220. The molecule has 2 heterocycles. The van der Waals surface area contributed by atoms with Crippen molar-refractivity contribution in [1.82, 2.24) is 10.2 Å². The Hall–Kier alpha value is -1.07. The molecule has 0 radical (unpaired) electrons. The average Bonchev–Trinajstić information content (AvgIpc) is 2.80. The predicted molar refractivity (Wildman–Crippen MR) is 72.9 cm³/mol. The minimum Gasteiger partial charge on any atom is -0.444 e. The minimum atomic E-state index is -0.443. The smallest absolute Gasteiger partial charge is 0.410 e. The molecule has 1 unspecified atom stereocenters. The first-order valence-corrected chi connectivity index (χ1v) is 7.09. The van der Waals surface area contributed by atoms with E-state index < -0.39 is 5.60 Å². The lowest BCUT2D eigenvalue weighted by atomic mass is 10.1. The topological polar surface area (TPSA) is 41.6 Å². The van der Waals surface area contributed by atoms with Crippen molar-refractivity contribution in [2.75, 3.05) is 19.6 Å². The fourth-order valence-electron chi connectivity index (χ4n) is 1.98. The van der Waals surface area contributed by atoms with Gasteiger partial charge in [0.05, 0.1) is 6.04 Å². The summed E-state index contributed by atoms with van der Waals surface area (Å²) < 4.78 is 5.47. The molecular weight excluding hydrogens is 248 g/mol. The first kappa shape index (κ1) is 13.4. The van der Waals surface area contributed by atoms with Crippen LogP contribution in [0.1, 0.15) is 31.7 Å². The van der Waals surface area contributed by atoms with Gasteiger partial charge in [0.2, 0.25) is 0 Å². The van der Waals surface area contributed by atoms with Crippen LogP contribution in [-0.2, 0) is 4.74 Å². The molecule has 1 fully saturated rings. The van der Waals surface area contributed by atoms with Crippen molar-refractivity contribution >= 4 is 17.4 Å². The Morgan fingerprint density at radius 3 is 2.94 bits per heavy atom. The summed E-state index contributed by atoms with van der Waals surface area (Å²) in [6, 6.07) is 4.18. The molecule has 100 valence electrons. The van der Waals surface area contributed by atoms with E-state index in [1.165, 1.54) is 4.88 Å². The number of hydrogen-bond donors (Lipinski definition) is 1. The maximum Gasteiger partial charge on any atom is 0.410 e. The van der Waals surface area contributed by atoms with Gasteiger partial charge in [-0.1, -0.05) is 6.07 Å². The number of thiophene rings is 1. The van der Waals surface area contributed by atoms with Crippen LogP contribution in [0.4, 0.5) is 4.79 Å². The second kappa shape index (κ2) is 5.28. The molecule has 1 aliphatic rings. The highest BCUT2D eigenvalue weighted by Gasteiger charge is 2.31. The van der Waals surface area contributed by atoms with Gasteiger partial charge in [-0.15, -0.1) is 11.3 Å². The molecule has 1 aromatic heterocycles. The van der Waals surface area contributed by atoms with E-state index >= 15 is 0 Å². The zero-order chi connectivity index (χ0) is 13.2. The Balaban J connectivity index is 2.11. The van der Waals surface area contributed by atoms with Crippen molar-refractivity contribution in [2.24, 2.45) is 0 Å². The summed E-state index contributed by atoms with van der Waals surface area (Å²) in [6.45, 7) is 7.99. The monoisotopic (exact) mass is 268 g/mol. The Labute approximate surface area is 112 Å². The van der Waals surface area contributed by atoms with E-state index in [2.05, 4.69) is 11.4 Å². The second-order valence-electron chi connectivity index (χ2n) is 5.41. The first-order valence-electron chi connectivity index (χ1n) is 6.21. The van der Waals surface area contributed by atoms with E-state index in [1.54, 1.807) is 11.3 Å². The molecule has 0 spiro atoms. The number of amides is 1. The molecule has 0 aromatic carbocycles. The molecule has 1 aliphatic heterocycles. The van der Waals surface area contributed by atoms with Crippen molar-refractivity contribution < 1.29 is 9.53 Å². The van der Waals surface area contributed by atoms with Crippen LogP contribution >= 0.6 is 11.3 Å². The number of carbonyl (C=O) groups is 1. The molecule has 4 nitrogen and oxygen atoms in total. The highest BCUT2D eigenvalue weighted by Crippen LogP contribution is 2.27. The minimum absolute atomic E-state index is 0.0913. The maximum absolute atomic E-state index is 12.2. The molecule has 0 aliphatic carbocycles. The van der Waals surface area contributed by atoms with Gasteiger partial charge in [-0.2, -0.15) is 0 Å². The van der Waals surface area contributed by atoms with Gasteiger partial charge in [-0.3, -0.25) is 4.90 Å². The third kappa shape index (κ3) is 3.23. The van der Waals surface area contributed by atoms with Gasteiger partial charge in [-0.25, -0.2) is 4.79 Å². The van der Waals surface area contributed by atoms with E-state index in [-0.39, 0.29) is 12.1 Å². The van der Waals surface area contributed by atoms with Crippen molar-refractivity contribution in [3.8, 4) is 0 Å². The highest BCUT2D eigenvalue weighted by molar-refractivity contribution is 7.10. The molecule has 1 saturated heterocycles. The van der Waals surface area contributed by atoms with Gasteiger partial charge in [0.15, 0.2) is 0 Å². The molecular formula is C13H20N2O2S. The van der Waals surface area contributed by atoms with Crippen LogP contribution in [-0.4, -0.2) is 36.2 Å². The summed E-state index contributed by atoms with van der Waals surface area (Å²) in [5.41, 5.74) is -0.443. The number of ether oxygens (including phenoxy) is 1. The number of rotatable bonds is 1. The average molecular weight is 268 g/mol. The van der Waals surface area contributed by atoms with E-state index in [0.29, 0.717) is 6.54 Å². The van der Waals surface area contributed by atoms with Gasteiger partial charge in [0.1, 0.15) is 5.60 Å². The van der Waals surface area contributed by atoms with E-state index in [4.69, 9.17) is 4.74 Å². The zero-order valence-electron chi connectivity index (χ0n) is 11.1. The summed E-state index contributed by atoms with van der Waals surface area (Å²) in [5, 5.41) is 5.37. The Morgan fingerprint density at radius 1 is 1.56 bits per heavy atom. The van der Waals surface area contributed by atoms with E-state index in [1.807, 2.05) is 37.1 Å². The molecule has 1 amide bonds. The van der Waals surface area contributed by atoms with Crippen LogP contribution in [0, 0.1) is 0 Å². The van der Waals surface area contributed by atoms with Gasteiger partial charge >= 0.3 is 6.09 Å². The van der Waals surface area contributed by atoms with Gasteiger partial charge < -0.3 is 10.1 Å². The summed E-state index contributed by atoms with van der Waals surface area (Å²) >= 11 is 1.68. The maximum atomic E-state index is 12.2. The van der Waals surface area contributed by atoms with Crippen molar-refractivity contribution in [3.63, 3.8) is 0 Å². The van der Waals surface area contributed by atoms with Crippen LogP contribution in [0.3, 0.4) is 0 Å². The molecule has 5 heteroatoms. The van der Waals surface area contributed by atoms with Crippen LogP contribution in [0.15, 0.2) is 17.5 Å². The van der Waals surface area contributed by atoms with Crippen LogP contribution < -0.4 is 5.32 Å². The fraction of sp³-hybridized carbons (Fsp3) is 0.615. The summed E-state index contributed by atoms with van der Waals surface area (Å²) in [4.78, 5) is 15.2. The Bertz CT molecular complexity index is 398. The molecule has 1 atom stereocenters. The van der Waals surface area contributed by atoms with Gasteiger partial charge in [0.25, 0.3) is 0 Å². The van der Waals surface area contributed by atoms with Crippen molar-refractivity contribution in [2.45, 2.75) is 32.4 Å². The molecule has 0 bridgehead atoms. The van der Waals surface area contributed by atoms with Crippen molar-refractivity contribution in [3.05, 3.63) is 22.4 Å².